The lowest BCUT2D eigenvalue weighted by Crippen LogP contribution is -2.73. The summed E-state index contributed by atoms with van der Waals surface area (Å²) in [4.78, 5) is 48.3. The minimum Gasteiger partial charge on any atom is -0.376 e. The lowest BCUT2D eigenvalue weighted by Gasteiger charge is -2.55. The van der Waals surface area contributed by atoms with Crippen LogP contribution in [-0.4, -0.2) is 85.0 Å². The Labute approximate surface area is 388 Å². The number of rotatable bonds is 7. The maximum absolute atomic E-state index is 16.3. The minimum absolute atomic E-state index is 0.0156. The van der Waals surface area contributed by atoms with Crippen LogP contribution >= 0.6 is 0 Å². The van der Waals surface area contributed by atoms with Crippen LogP contribution in [0.4, 0.5) is 8.78 Å². The Kier molecular flexibility index (Phi) is 9.08. The van der Waals surface area contributed by atoms with Crippen molar-refractivity contribution < 1.29 is 22.8 Å². The van der Waals surface area contributed by atoms with Crippen LogP contribution in [0.25, 0.3) is 39.0 Å². The van der Waals surface area contributed by atoms with Crippen LogP contribution < -0.4 is 16.8 Å². The average Bonchev–Trinajstić information content (AvgIpc) is 3.92. The molecule has 1 saturated carbocycles. The third kappa shape index (κ3) is 6.01. The molecule has 4 aliphatic rings. The fourth-order valence-corrected chi connectivity index (χ4v) is 11.9. The highest BCUT2D eigenvalue weighted by Crippen LogP contribution is 2.56. The number of hydrogen-bond acceptors (Lipinski definition) is 9. The average molecular weight is 924 g/mol. The summed E-state index contributed by atoms with van der Waals surface area (Å²) < 4.78 is 50.7. The molecule has 5 aromatic heterocycles. The molecule has 16 nitrogen and oxygen atoms in total. The van der Waals surface area contributed by atoms with E-state index >= 15 is 13.6 Å². The second kappa shape index (κ2) is 14.5. The Morgan fingerprint density at radius 2 is 1.66 bits per heavy atom. The lowest BCUT2D eigenvalue weighted by atomic mass is 9.78. The number of halogens is 2. The molecular formula is C50H51F2N11O5. The largest absolute Gasteiger partial charge is 0.438 e. The van der Waals surface area contributed by atoms with Crippen LogP contribution in [0.1, 0.15) is 103 Å². The van der Waals surface area contributed by atoms with Crippen LogP contribution in [0, 0.1) is 31.4 Å². The molecule has 350 valence electrons. The molecule has 0 radical (unpaired) electrons. The molecule has 68 heavy (non-hydrogen) atoms. The fourth-order valence-electron chi connectivity index (χ4n) is 11.9. The molecule has 3 fully saturated rings. The number of aromatic amines is 1. The van der Waals surface area contributed by atoms with Crippen molar-refractivity contribution >= 4 is 27.7 Å². The number of aryl methyl sites for hydroxylation is 3. The fraction of sp³-hybridized carbons (Fsp3) is 0.400. The normalized spacial score (nSPS) is 22.8. The maximum atomic E-state index is 16.3. The third-order valence-electron chi connectivity index (χ3n) is 15.4. The number of carbonyl (C=O) groups is 1. The Morgan fingerprint density at radius 3 is 2.34 bits per heavy atom. The second-order valence-corrected chi connectivity index (χ2v) is 20.2. The lowest BCUT2D eigenvalue weighted by molar-refractivity contribution is -0.0592. The van der Waals surface area contributed by atoms with E-state index in [1.807, 2.05) is 17.9 Å². The SMILES string of the molecule is Cc1cc(-n2nc3c(c2-n2ccn(-c4ccc5c(cnn5C)c4F)c2=O)[C@H](C)N(C(=O)c2cc4cc([C@H]5CCOC(C)(C)C5)ccc4n2[C@@]2(c4noc(=O)[nH]4)C[C@@H]2C)C2(CNC2)C3)cc(C)c1F. The van der Waals surface area contributed by atoms with Crippen LogP contribution in [0.5, 0.6) is 0 Å². The van der Waals surface area contributed by atoms with E-state index in [-0.39, 0.29) is 40.2 Å². The number of carbonyl (C=O) groups excluding carboxylic acids is 1. The van der Waals surface area contributed by atoms with Crippen molar-refractivity contribution in [3.8, 4) is 17.2 Å². The predicted octanol–water partition coefficient (Wildman–Crippen LogP) is 6.78. The van der Waals surface area contributed by atoms with E-state index in [0.717, 1.165) is 29.3 Å². The predicted molar refractivity (Wildman–Crippen MR) is 248 cm³/mol. The number of nitrogens with one attached hydrogen (secondary N) is 2. The summed E-state index contributed by atoms with van der Waals surface area (Å²) in [5.41, 5.74) is 3.19. The van der Waals surface area contributed by atoms with Gasteiger partial charge in [0.25, 0.3) is 5.91 Å². The van der Waals surface area contributed by atoms with E-state index < -0.39 is 34.4 Å². The van der Waals surface area contributed by atoms with E-state index in [1.54, 1.807) is 60.7 Å². The summed E-state index contributed by atoms with van der Waals surface area (Å²) in [7, 11) is 1.72. The standard InChI is InChI=1S/C50H51F2N11O5/c1-26-16-33(17-27(2)41(26)51)63-43(60-14-13-59(47(60)66)38-11-10-37-34(42(38)52)23-54-58(37)7)40-29(4)61(49(24-53-25-49)22-35(40)56-63)44(64)39-19-32-18-30(31-12-15-67-48(5,6)21-31)8-9-36(32)62(39)50(20-28(50)3)45-55-46(65)68-57-45/h8-11,13-14,16-19,23,28-29,31,53H,12,15,20-22,24-25H2,1-7H3,(H,55,57,65)/t28-,29-,31-,50-/m0/s1. The van der Waals surface area contributed by atoms with Crippen LogP contribution in [0.15, 0.2) is 81.2 Å². The summed E-state index contributed by atoms with van der Waals surface area (Å²) in [5, 5.41) is 18.2. The minimum atomic E-state index is -0.880. The van der Waals surface area contributed by atoms with Gasteiger partial charge in [0.2, 0.25) is 0 Å². The topological polar surface area (TPSA) is 168 Å². The number of imidazole rings is 1. The summed E-state index contributed by atoms with van der Waals surface area (Å²) in [6.45, 7) is 13.2. The van der Waals surface area contributed by atoms with Gasteiger partial charge in [0, 0.05) is 62.0 Å². The number of ether oxygens (including phenoxy) is 1. The first-order valence-corrected chi connectivity index (χ1v) is 23.2. The third-order valence-corrected chi connectivity index (χ3v) is 15.4. The molecule has 1 aliphatic carbocycles. The highest BCUT2D eigenvalue weighted by molar-refractivity contribution is 6.00. The molecule has 3 aromatic carbocycles. The molecule has 0 bridgehead atoms. The van der Waals surface area contributed by atoms with E-state index in [0.29, 0.717) is 83.5 Å². The number of aromatic nitrogens is 9. The quantitative estimate of drug-likeness (QED) is 0.175. The monoisotopic (exact) mass is 923 g/mol. The molecule has 0 unspecified atom stereocenters. The molecule has 12 rings (SSSR count). The van der Waals surface area contributed by atoms with Gasteiger partial charge in [-0.05, 0) is 125 Å². The van der Waals surface area contributed by atoms with Crippen molar-refractivity contribution in [2.75, 3.05) is 19.7 Å². The number of nitrogens with zero attached hydrogens (tertiary/aromatic N) is 9. The van der Waals surface area contributed by atoms with Gasteiger partial charge in [0.05, 0.1) is 51.4 Å². The number of H-pyrrole nitrogens is 1. The Morgan fingerprint density at radius 1 is 0.926 bits per heavy atom. The number of fused-ring (bicyclic) bond motifs is 3. The molecular weight excluding hydrogens is 873 g/mol. The van der Waals surface area contributed by atoms with Crippen molar-refractivity contribution in [2.24, 2.45) is 13.0 Å². The van der Waals surface area contributed by atoms with Crippen molar-refractivity contribution in [2.45, 2.75) is 95.9 Å². The zero-order valence-electron chi connectivity index (χ0n) is 38.9. The van der Waals surface area contributed by atoms with Gasteiger partial charge < -0.3 is 19.5 Å². The molecule has 3 aliphatic heterocycles. The van der Waals surface area contributed by atoms with Crippen molar-refractivity contribution in [1.29, 1.82) is 0 Å². The molecule has 1 spiro atoms. The summed E-state index contributed by atoms with van der Waals surface area (Å²) in [6, 6.07) is 14.3. The molecule has 4 atom stereocenters. The number of benzene rings is 3. The van der Waals surface area contributed by atoms with Gasteiger partial charge >= 0.3 is 11.4 Å². The van der Waals surface area contributed by atoms with E-state index in [1.165, 1.54) is 21.5 Å². The van der Waals surface area contributed by atoms with Gasteiger partial charge in [0.15, 0.2) is 11.6 Å². The summed E-state index contributed by atoms with van der Waals surface area (Å²) in [5.74, 6) is -0.933. The van der Waals surface area contributed by atoms with Gasteiger partial charge in [-0.15, -0.1) is 0 Å². The summed E-state index contributed by atoms with van der Waals surface area (Å²) >= 11 is 0. The Hall–Kier alpha value is -6.92. The van der Waals surface area contributed by atoms with Crippen LogP contribution in [0.2, 0.25) is 0 Å². The van der Waals surface area contributed by atoms with Gasteiger partial charge in [-0.25, -0.2) is 23.1 Å². The van der Waals surface area contributed by atoms with Gasteiger partial charge in [0.1, 0.15) is 22.9 Å². The van der Waals surface area contributed by atoms with E-state index in [9.17, 15) is 9.59 Å². The molecule has 8 aromatic rings. The first-order chi connectivity index (χ1) is 32.5. The van der Waals surface area contributed by atoms with E-state index in [2.05, 4.69) is 64.1 Å². The molecule has 2 N–H and O–H groups in total. The Bertz CT molecular complexity index is 3520. The van der Waals surface area contributed by atoms with Gasteiger partial charge in [-0.3, -0.25) is 28.1 Å². The second-order valence-electron chi connectivity index (χ2n) is 20.2. The van der Waals surface area contributed by atoms with Gasteiger partial charge in [-0.1, -0.05) is 18.1 Å². The number of amides is 1. The van der Waals surface area contributed by atoms with Crippen LogP contribution in [0.3, 0.4) is 0 Å². The maximum Gasteiger partial charge on any atom is 0.438 e. The smallest absolute Gasteiger partial charge is 0.376 e. The molecule has 8 heterocycles. The van der Waals surface area contributed by atoms with Crippen molar-refractivity contribution in [3.63, 3.8) is 0 Å². The summed E-state index contributed by atoms with van der Waals surface area (Å²) in [6.07, 6.45) is 7.19. The molecule has 18 heteroatoms. The number of hydrogen-bond donors (Lipinski definition) is 2. The highest BCUT2D eigenvalue weighted by atomic mass is 19.1. The molecule has 1 amide bonds. The van der Waals surface area contributed by atoms with Crippen molar-refractivity contribution in [1.82, 2.24) is 53.6 Å². The molecule has 2 saturated heterocycles. The first kappa shape index (κ1) is 42.4. The first-order valence-electron chi connectivity index (χ1n) is 23.2. The van der Waals surface area contributed by atoms with E-state index in [4.69, 9.17) is 14.4 Å². The zero-order valence-corrected chi connectivity index (χ0v) is 38.9. The van der Waals surface area contributed by atoms with Gasteiger partial charge in [-0.2, -0.15) is 10.2 Å². The van der Waals surface area contributed by atoms with Crippen LogP contribution in [-0.2, 0) is 23.7 Å². The zero-order chi connectivity index (χ0) is 47.3. The van der Waals surface area contributed by atoms with Crippen molar-refractivity contribution in [3.05, 3.63) is 139 Å². The Balaban J connectivity index is 1.04. The highest BCUT2D eigenvalue weighted by Gasteiger charge is 2.60.